The Morgan fingerprint density at radius 3 is 2.02 bits per heavy atom. The summed E-state index contributed by atoms with van der Waals surface area (Å²) < 4.78 is 1.31. The number of imidazole rings is 2. The SMILES string of the molecule is Cc1ccc(CCCC(=O)NCCCC[C@H](NC(=O)[C@@H]2CCCCn3cc(nn3)C[C@H](NC(=O)CC[C@H](NC(=O)c3ccc(NCc4cnc5nc(N)[nH]c(=O)c5n4)cc3)C(=O)O)C(=O)N[C@H](Cc3cnc[nH]3)C(=O)N[C@H](CO)C(=O)N[C@H](Cc3cnc[nH]3)C(=O)N[C@H]([C@H](C)O)C(=O)N[C@H](C)C(=O)N2)C(=O)NC(=O)C(=O)O)cc1. The van der Waals surface area contributed by atoms with Crippen molar-refractivity contribution in [2.24, 2.45) is 0 Å². The van der Waals surface area contributed by atoms with Gasteiger partial charge in [0.25, 0.3) is 11.5 Å². The summed E-state index contributed by atoms with van der Waals surface area (Å²) in [5.74, 6) is -16.4. The number of nitrogens with two attached hydrogens (primary N) is 1. The number of carboxylic acid groups (broad SMARTS) is 2. The summed E-state index contributed by atoms with van der Waals surface area (Å²) in [7, 11) is 0. The van der Waals surface area contributed by atoms with E-state index in [1.807, 2.05) is 31.2 Å². The molecular formula is C71H90N24O19. The second kappa shape index (κ2) is 42.1. The molecule has 2 bridgehead atoms. The molecule has 0 spiro atoms. The van der Waals surface area contributed by atoms with Gasteiger partial charge < -0.3 is 94.6 Å². The number of fused-ring (bicyclic) bond motifs is 3. The number of hydrogen-bond donors (Lipinski definition) is 20. The van der Waals surface area contributed by atoms with Crippen LogP contribution in [0.1, 0.15) is 122 Å². The van der Waals surface area contributed by atoms with Gasteiger partial charge in [-0.05, 0) is 108 Å². The first-order valence-electron chi connectivity index (χ1n) is 36.3. The second-order valence-corrected chi connectivity index (χ2v) is 26.9. The number of benzene rings is 2. The van der Waals surface area contributed by atoms with E-state index < -0.39 is 175 Å². The van der Waals surface area contributed by atoms with Crippen LogP contribution in [-0.4, -0.2) is 232 Å². The molecule has 43 nitrogen and oxygen atoms in total. The summed E-state index contributed by atoms with van der Waals surface area (Å²) >= 11 is 0. The summed E-state index contributed by atoms with van der Waals surface area (Å²) in [6.45, 7) is 3.36. The molecule has 12 amide bonds. The smallest absolute Gasteiger partial charge is 0.394 e. The fourth-order valence-corrected chi connectivity index (χ4v) is 11.7. The zero-order valence-corrected chi connectivity index (χ0v) is 62.2. The number of aliphatic hydroxyl groups is 2. The number of hydrogen-bond acceptors (Lipinski definition) is 26. The number of carbonyl (C=O) groups is 14. The largest absolute Gasteiger partial charge is 0.480 e. The van der Waals surface area contributed by atoms with Crippen molar-refractivity contribution in [2.75, 3.05) is 24.2 Å². The average molecular weight is 1580 g/mol. The molecule has 0 saturated heterocycles. The quantitative estimate of drug-likeness (QED) is 0.0162. The van der Waals surface area contributed by atoms with E-state index in [1.54, 1.807) is 5.32 Å². The third-order valence-electron chi connectivity index (χ3n) is 17.9. The Labute approximate surface area is 648 Å². The van der Waals surface area contributed by atoms with Gasteiger partial charge in [0.05, 0.1) is 49.5 Å². The Morgan fingerprint density at radius 1 is 0.702 bits per heavy atom. The second-order valence-electron chi connectivity index (χ2n) is 26.9. The van der Waals surface area contributed by atoms with Gasteiger partial charge in [-0.1, -0.05) is 35.0 Å². The Bertz CT molecular complexity index is 4610. The molecule has 1 aliphatic heterocycles. The summed E-state index contributed by atoms with van der Waals surface area (Å²) in [6.07, 6.45) is 5.19. The number of carbonyl (C=O) groups excluding carboxylic acids is 12. The van der Waals surface area contributed by atoms with E-state index in [-0.39, 0.29) is 117 Å². The number of anilines is 2. The lowest BCUT2D eigenvalue weighted by Gasteiger charge is -2.28. The number of aryl methyl sites for hydroxylation is 3. The molecule has 43 heteroatoms. The van der Waals surface area contributed by atoms with Crippen LogP contribution in [0.2, 0.25) is 0 Å². The number of amides is 12. The number of aliphatic carboxylic acids is 2. The number of nitrogens with one attached hydrogen (secondary N) is 15. The number of H-pyrrole nitrogens is 3. The van der Waals surface area contributed by atoms with Crippen LogP contribution in [0.4, 0.5) is 11.6 Å². The number of aromatic nitrogens is 11. The lowest BCUT2D eigenvalue weighted by atomic mass is 10.0. The molecular weight excluding hydrogens is 1490 g/mol. The predicted octanol–water partition coefficient (Wildman–Crippen LogP) is -4.56. The average Bonchev–Trinajstić information content (AvgIpc) is 0.941. The minimum Gasteiger partial charge on any atom is -0.480 e. The Kier molecular flexibility index (Phi) is 31.8. The van der Waals surface area contributed by atoms with Crippen molar-refractivity contribution in [3.63, 3.8) is 0 Å². The van der Waals surface area contributed by atoms with Crippen molar-refractivity contribution in [3.05, 3.63) is 136 Å². The number of nitrogen functional groups attached to an aromatic ring is 1. The van der Waals surface area contributed by atoms with Gasteiger partial charge in [-0.15, -0.1) is 5.10 Å². The zero-order valence-electron chi connectivity index (χ0n) is 62.2. The normalized spacial score (nSPS) is 19.1. The van der Waals surface area contributed by atoms with E-state index in [0.717, 1.165) is 18.1 Å². The molecule has 7 aromatic rings. The lowest BCUT2D eigenvalue weighted by molar-refractivity contribution is -0.152. The fourth-order valence-electron chi connectivity index (χ4n) is 11.7. The molecule has 2 aromatic carbocycles. The van der Waals surface area contributed by atoms with Crippen LogP contribution in [0.15, 0.2) is 90.8 Å². The fraction of sp³-hybridized carbons (Fsp3) is 0.437. The highest BCUT2D eigenvalue weighted by atomic mass is 16.4. The molecule has 6 heterocycles. The van der Waals surface area contributed by atoms with Gasteiger partial charge in [0.15, 0.2) is 11.2 Å². The van der Waals surface area contributed by atoms with Crippen LogP contribution in [0, 0.1) is 6.92 Å². The highest BCUT2D eigenvalue weighted by Crippen LogP contribution is 2.16. The number of unbranched alkanes of at least 4 members (excludes halogenated alkanes) is 1. The van der Waals surface area contributed by atoms with Crippen LogP contribution in [0.3, 0.4) is 0 Å². The highest BCUT2D eigenvalue weighted by Gasteiger charge is 2.37. The van der Waals surface area contributed by atoms with Crippen LogP contribution < -0.4 is 75.1 Å². The van der Waals surface area contributed by atoms with Gasteiger partial charge in [0.1, 0.15) is 54.4 Å². The van der Waals surface area contributed by atoms with E-state index in [4.69, 9.17) is 5.73 Å². The number of imide groups is 1. The minimum absolute atomic E-state index is 0.00203. The lowest BCUT2D eigenvalue weighted by Crippen LogP contribution is -2.62. The molecule has 0 unspecified atom stereocenters. The third kappa shape index (κ3) is 26.6. The molecule has 0 radical (unpaired) electrons. The Hall–Kier alpha value is -13.5. The van der Waals surface area contributed by atoms with Gasteiger partial charge >= 0.3 is 17.8 Å². The molecule has 21 N–H and O–H groups in total. The van der Waals surface area contributed by atoms with E-state index in [2.05, 4.69) is 109 Å². The first-order valence-corrected chi connectivity index (χ1v) is 36.3. The molecule has 8 rings (SSSR count). The van der Waals surface area contributed by atoms with Crippen LogP contribution in [0.25, 0.3) is 11.2 Å². The van der Waals surface area contributed by atoms with E-state index in [9.17, 15) is 92.3 Å². The van der Waals surface area contributed by atoms with Crippen molar-refractivity contribution >= 4 is 106 Å². The first kappa shape index (κ1) is 86.1. The molecule has 0 fully saturated rings. The number of carboxylic acids is 2. The standard InChI is InChI=1S/C71H90N24O19/c1-36-13-15-39(16-14-36)9-8-12-53(98)75-23-6-4-10-47(61(103)91-68(110)70(113)114)84-60(102)46-11-5-7-24-95-32-44(93-94-95)27-49(82-54(99)22-21-48(69(111)112)85-59(101)40-17-19-41(20-18-40)76-30-45-31-77-57-56(81-45)67(109)92-71(72)90-57)62(104)86-50(25-42-28-73-34-78-42)63(105)88-52(33-96)65(107)87-51(26-43-29-74-35-79-43)64(106)89-55(38(3)97)66(108)80-37(2)58(100)83-46/h13-20,28-29,31-32,34-35,37-38,46-52,55,76,96-97H,4-12,21-27,30,33H2,1-3H3,(H,73,78)(H,74,79)(H,75,98)(H,80,108)(H,82,99)(H,83,100)(H,84,102)(H,85,101)(H,86,104)(H,87,107)(H,88,105)(H,89,106)(H,111,112)(H,113,114)(H,91,103,110)(H3,72,77,90,92,109)/t37-,38+,46+,47+,48+,49+,50-,51-,52-,55-/m1/s1. The predicted molar refractivity (Wildman–Crippen MR) is 398 cm³/mol. The first-order chi connectivity index (χ1) is 54.5. The molecule has 5 aromatic heterocycles. The molecule has 0 aliphatic carbocycles. The number of rotatable bonds is 28. The van der Waals surface area contributed by atoms with Crippen molar-refractivity contribution in [1.82, 2.24) is 113 Å². The van der Waals surface area contributed by atoms with Crippen LogP contribution in [0.5, 0.6) is 0 Å². The van der Waals surface area contributed by atoms with Gasteiger partial charge in [0.2, 0.25) is 65.0 Å². The molecule has 10 atom stereocenters. The summed E-state index contributed by atoms with van der Waals surface area (Å²) in [4.78, 5) is 232. The maximum absolute atomic E-state index is 14.8. The highest BCUT2D eigenvalue weighted by molar-refractivity contribution is 6.34. The van der Waals surface area contributed by atoms with Crippen molar-refractivity contribution < 1.29 is 87.5 Å². The third-order valence-corrected chi connectivity index (χ3v) is 17.9. The topological polar surface area (TPSA) is 650 Å². The number of aliphatic hydroxyl groups excluding tert-OH is 2. The molecule has 1 aliphatic rings. The van der Waals surface area contributed by atoms with E-state index in [1.165, 1.54) is 73.3 Å². The van der Waals surface area contributed by atoms with E-state index >= 15 is 0 Å². The monoisotopic (exact) mass is 1580 g/mol. The van der Waals surface area contributed by atoms with E-state index in [0.29, 0.717) is 24.2 Å². The van der Waals surface area contributed by atoms with Crippen LogP contribution >= 0.6 is 0 Å². The summed E-state index contributed by atoms with van der Waals surface area (Å²) in [5, 5.41) is 79.2. The number of aromatic amines is 3. The summed E-state index contributed by atoms with van der Waals surface area (Å²) in [5.41, 5.74) is 8.51. The minimum atomic E-state index is -2.02. The molecule has 0 saturated carbocycles. The maximum atomic E-state index is 14.8. The van der Waals surface area contributed by atoms with Gasteiger partial charge in [-0.25, -0.2) is 29.5 Å². The Balaban J connectivity index is 1.01. The Morgan fingerprint density at radius 2 is 1.37 bits per heavy atom. The molecule has 114 heavy (non-hydrogen) atoms. The van der Waals surface area contributed by atoms with Crippen LogP contribution in [-0.2, 0) is 101 Å². The maximum Gasteiger partial charge on any atom is 0.394 e. The van der Waals surface area contributed by atoms with Gasteiger partial charge in [-0.3, -0.25) is 77.3 Å². The van der Waals surface area contributed by atoms with Crippen molar-refractivity contribution in [1.29, 1.82) is 0 Å². The van der Waals surface area contributed by atoms with Gasteiger partial charge in [0, 0.05) is 86.4 Å². The molecule has 608 valence electrons. The summed E-state index contributed by atoms with van der Waals surface area (Å²) in [6, 6.07) is -1.63. The van der Waals surface area contributed by atoms with Crippen molar-refractivity contribution in [2.45, 2.75) is 184 Å². The number of nitrogens with zero attached hydrogens (tertiary/aromatic N) is 8. The zero-order chi connectivity index (χ0) is 82.5. The van der Waals surface area contributed by atoms with Crippen molar-refractivity contribution in [3.8, 4) is 0 Å². The van der Waals surface area contributed by atoms with Gasteiger partial charge in [-0.2, -0.15) is 4.98 Å².